The molecule has 0 aliphatic carbocycles. The third-order valence-electron chi connectivity index (χ3n) is 2.86. The van der Waals surface area contributed by atoms with Gasteiger partial charge in [-0.05, 0) is 11.1 Å². The van der Waals surface area contributed by atoms with Crippen molar-refractivity contribution in [3.63, 3.8) is 0 Å². The first-order valence-electron chi connectivity index (χ1n) is 5.84. The van der Waals surface area contributed by atoms with Gasteiger partial charge < -0.3 is 9.84 Å². The van der Waals surface area contributed by atoms with Crippen molar-refractivity contribution in [2.45, 2.75) is 13.0 Å². The lowest BCUT2D eigenvalue weighted by Gasteiger charge is -2.26. The summed E-state index contributed by atoms with van der Waals surface area (Å²) < 4.78 is 5.29. The maximum atomic E-state index is 10.6. The van der Waals surface area contributed by atoms with Crippen molar-refractivity contribution < 1.29 is 14.6 Å². The van der Waals surface area contributed by atoms with Crippen LogP contribution in [0.25, 0.3) is 0 Å². The van der Waals surface area contributed by atoms with Crippen molar-refractivity contribution in [3.05, 3.63) is 35.4 Å². The minimum absolute atomic E-state index is 0.0942. The van der Waals surface area contributed by atoms with E-state index in [2.05, 4.69) is 4.90 Å². The van der Waals surface area contributed by atoms with Crippen LogP contribution in [-0.4, -0.2) is 42.3 Å². The smallest absolute Gasteiger partial charge is 0.307 e. The van der Waals surface area contributed by atoms with E-state index in [1.807, 2.05) is 24.3 Å². The Morgan fingerprint density at radius 2 is 2.00 bits per heavy atom. The summed E-state index contributed by atoms with van der Waals surface area (Å²) in [5.74, 6) is -0.784. The second kappa shape index (κ2) is 5.80. The summed E-state index contributed by atoms with van der Waals surface area (Å²) in [7, 11) is 0. The van der Waals surface area contributed by atoms with Crippen LogP contribution in [0.1, 0.15) is 11.1 Å². The molecule has 1 aliphatic heterocycles. The SMILES string of the molecule is O=C(O)Cc1cccc(CN2CCOCC2)c1. The number of ether oxygens (including phenoxy) is 1. The lowest BCUT2D eigenvalue weighted by atomic mass is 10.1. The van der Waals surface area contributed by atoms with Crippen LogP contribution in [0.4, 0.5) is 0 Å². The number of hydrogen-bond acceptors (Lipinski definition) is 3. The molecule has 1 fully saturated rings. The van der Waals surface area contributed by atoms with E-state index in [9.17, 15) is 4.79 Å². The van der Waals surface area contributed by atoms with Crippen molar-refractivity contribution in [1.29, 1.82) is 0 Å². The molecule has 1 aromatic carbocycles. The van der Waals surface area contributed by atoms with Gasteiger partial charge in [-0.15, -0.1) is 0 Å². The summed E-state index contributed by atoms with van der Waals surface area (Å²) in [6.45, 7) is 4.34. The molecule has 0 radical (unpaired) electrons. The third kappa shape index (κ3) is 3.84. The van der Waals surface area contributed by atoms with Gasteiger partial charge in [0.1, 0.15) is 0 Å². The lowest BCUT2D eigenvalue weighted by molar-refractivity contribution is -0.136. The Hall–Kier alpha value is -1.39. The van der Waals surface area contributed by atoms with E-state index in [0.717, 1.165) is 38.4 Å². The molecule has 0 atom stereocenters. The highest BCUT2D eigenvalue weighted by Gasteiger charge is 2.11. The van der Waals surface area contributed by atoms with Gasteiger partial charge in [0.05, 0.1) is 19.6 Å². The summed E-state index contributed by atoms with van der Waals surface area (Å²) in [5.41, 5.74) is 2.04. The first-order valence-corrected chi connectivity index (χ1v) is 5.84. The van der Waals surface area contributed by atoms with E-state index in [-0.39, 0.29) is 6.42 Å². The number of carbonyl (C=O) groups is 1. The minimum atomic E-state index is -0.784. The fourth-order valence-corrected chi connectivity index (χ4v) is 2.03. The van der Waals surface area contributed by atoms with Crippen LogP contribution >= 0.6 is 0 Å². The van der Waals surface area contributed by atoms with Gasteiger partial charge in [0.2, 0.25) is 0 Å². The summed E-state index contributed by atoms with van der Waals surface area (Å²) in [5, 5.41) is 8.75. The van der Waals surface area contributed by atoms with Crippen LogP contribution in [0.2, 0.25) is 0 Å². The molecule has 0 bridgehead atoms. The molecule has 0 spiro atoms. The molecule has 0 saturated carbocycles. The molecule has 1 aromatic rings. The predicted molar refractivity (Wildman–Crippen MR) is 63.9 cm³/mol. The largest absolute Gasteiger partial charge is 0.481 e. The Morgan fingerprint density at radius 1 is 1.29 bits per heavy atom. The van der Waals surface area contributed by atoms with Crippen LogP contribution in [0, 0.1) is 0 Å². The van der Waals surface area contributed by atoms with Crippen LogP contribution in [0.3, 0.4) is 0 Å². The van der Waals surface area contributed by atoms with Gasteiger partial charge in [-0.2, -0.15) is 0 Å². The van der Waals surface area contributed by atoms with Gasteiger partial charge in [-0.1, -0.05) is 24.3 Å². The van der Waals surface area contributed by atoms with Crippen LogP contribution in [0.15, 0.2) is 24.3 Å². The Kier molecular flexibility index (Phi) is 4.12. The van der Waals surface area contributed by atoms with Crippen LogP contribution in [-0.2, 0) is 22.5 Å². The monoisotopic (exact) mass is 235 g/mol. The summed E-state index contributed by atoms with van der Waals surface area (Å²) in [6, 6.07) is 7.80. The van der Waals surface area contributed by atoms with E-state index in [1.165, 1.54) is 5.56 Å². The van der Waals surface area contributed by atoms with Crippen molar-refractivity contribution in [2.75, 3.05) is 26.3 Å². The Balaban J connectivity index is 1.97. The fourth-order valence-electron chi connectivity index (χ4n) is 2.03. The number of nitrogens with zero attached hydrogens (tertiary/aromatic N) is 1. The van der Waals surface area contributed by atoms with E-state index in [4.69, 9.17) is 9.84 Å². The number of carboxylic acid groups (broad SMARTS) is 1. The molecular formula is C13H17NO3. The molecule has 0 unspecified atom stereocenters. The number of rotatable bonds is 4. The quantitative estimate of drug-likeness (QED) is 0.850. The molecule has 92 valence electrons. The van der Waals surface area contributed by atoms with Crippen molar-refractivity contribution in [1.82, 2.24) is 4.90 Å². The standard InChI is InChI=1S/C13H17NO3/c15-13(16)9-11-2-1-3-12(8-11)10-14-4-6-17-7-5-14/h1-3,8H,4-7,9-10H2,(H,15,16). The Morgan fingerprint density at radius 3 is 2.71 bits per heavy atom. The van der Waals surface area contributed by atoms with E-state index in [0.29, 0.717) is 0 Å². The zero-order valence-electron chi connectivity index (χ0n) is 9.76. The fraction of sp³-hybridized carbons (Fsp3) is 0.462. The van der Waals surface area contributed by atoms with Crippen LogP contribution < -0.4 is 0 Å². The molecule has 2 rings (SSSR count). The topological polar surface area (TPSA) is 49.8 Å². The summed E-state index contributed by atoms with van der Waals surface area (Å²) in [4.78, 5) is 13.0. The lowest BCUT2D eigenvalue weighted by Crippen LogP contribution is -2.35. The molecule has 4 nitrogen and oxygen atoms in total. The Bertz CT molecular complexity index is 386. The third-order valence-corrected chi connectivity index (χ3v) is 2.86. The maximum Gasteiger partial charge on any atom is 0.307 e. The highest BCUT2D eigenvalue weighted by molar-refractivity contribution is 5.70. The molecule has 0 aromatic heterocycles. The molecule has 1 saturated heterocycles. The van der Waals surface area contributed by atoms with Gasteiger partial charge in [-0.3, -0.25) is 9.69 Å². The van der Waals surface area contributed by atoms with Gasteiger partial charge in [-0.25, -0.2) is 0 Å². The average Bonchev–Trinajstić information content (AvgIpc) is 2.30. The number of benzene rings is 1. The normalized spacial score (nSPS) is 16.9. The highest BCUT2D eigenvalue weighted by Crippen LogP contribution is 2.10. The molecule has 0 amide bonds. The summed E-state index contributed by atoms with van der Waals surface area (Å²) in [6.07, 6.45) is 0.0942. The second-order valence-corrected chi connectivity index (χ2v) is 4.28. The van der Waals surface area contributed by atoms with E-state index < -0.39 is 5.97 Å². The van der Waals surface area contributed by atoms with Gasteiger partial charge in [0.25, 0.3) is 0 Å². The summed E-state index contributed by atoms with van der Waals surface area (Å²) >= 11 is 0. The first-order chi connectivity index (χ1) is 8.24. The van der Waals surface area contributed by atoms with E-state index in [1.54, 1.807) is 0 Å². The van der Waals surface area contributed by atoms with Gasteiger partial charge in [0, 0.05) is 19.6 Å². The Labute approximate surface area is 101 Å². The van der Waals surface area contributed by atoms with Crippen molar-refractivity contribution in [3.8, 4) is 0 Å². The zero-order valence-corrected chi connectivity index (χ0v) is 9.76. The number of carboxylic acids is 1. The van der Waals surface area contributed by atoms with Crippen molar-refractivity contribution in [2.24, 2.45) is 0 Å². The van der Waals surface area contributed by atoms with Gasteiger partial charge in [0.15, 0.2) is 0 Å². The molecular weight excluding hydrogens is 218 g/mol. The first kappa shape index (κ1) is 12.1. The molecule has 1 N–H and O–H groups in total. The average molecular weight is 235 g/mol. The molecule has 17 heavy (non-hydrogen) atoms. The zero-order chi connectivity index (χ0) is 12.1. The molecule has 1 heterocycles. The van der Waals surface area contributed by atoms with Crippen LogP contribution in [0.5, 0.6) is 0 Å². The second-order valence-electron chi connectivity index (χ2n) is 4.28. The van der Waals surface area contributed by atoms with Gasteiger partial charge >= 0.3 is 5.97 Å². The molecule has 1 aliphatic rings. The van der Waals surface area contributed by atoms with Crippen molar-refractivity contribution >= 4 is 5.97 Å². The molecule has 4 heteroatoms. The minimum Gasteiger partial charge on any atom is -0.481 e. The number of morpholine rings is 1. The van der Waals surface area contributed by atoms with E-state index >= 15 is 0 Å². The highest BCUT2D eigenvalue weighted by atomic mass is 16.5. The number of hydrogen-bond donors (Lipinski definition) is 1. The number of aliphatic carboxylic acids is 1. The predicted octanol–water partition coefficient (Wildman–Crippen LogP) is 1.15. The maximum absolute atomic E-state index is 10.6.